The van der Waals surface area contributed by atoms with E-state index in [0.29, 0.717) is 30.5 Å². The zero-order chi connectivity index (χ0) is 18.1. The van der Waals surface area contributed by atoms with E-state index < -0.39 is 0 Å². The molecule has 0 aliphatic carbocycles. The highest BCUT2D eigenvalue weighted by atomic mass is 16.2. The van der Waals surface area contributed by atoms with Crippen molar-refractivity contribution in [3.8, 4) is 11.1 Å². The number of nitrogens with one attached hydrogen (secondary N) is 2. The molecule has 0 unspecified atom stereocenters. The molecular weight excluding hydrogens is 328 g/mol. The fourth-order valence-electron chi connectivity index (χ4n) is 3.64. The van der Waals surface area contributed by atoms with E-state index in [0.717, 1.165) is 24.1 Å². The van der Waals surface area contributed by atoms with E-state index in [1.54, 1.807) is 6.07 Å². The van der Waals surface area contributed by atoms with Gasteiger partial charge in [0.05, 0.1) is 6.20 Å². The summed E-state index contributed by atoms with van der Waals surface area (Å²) in [7, 11) is 0. The van der Waals surface area contributed by atoms with Crippen LogP contribution in [0.1, 0.15) is 40.5 Å². The average Bonchev–Trinajstić information content (AvgIpc) is 3.30. The number of benzene rings is 1. The highest BCUT2D eigenvalue weighted by Gasteiger charge is 2.27. The van der Waals surface area contributed by atoms with Gasteiger partial charge >= 0.3 is 0 Å². The molecular formula is C19H22N6O. The predicted molar refractivity (Wildman–Crippen MR) is 99.6 cm³/mol. The Balaban J connectivity index is 1.47. The maximum atomic E-state index is 12.5. The lowest BCUT2D eigenvalue weighted by atomic mass is 9.89. The van der Waals surface area contributed by atoms with Crippen LogP contribution in [0.25, 0.3) is 11.1 Å². The number of nitrogen functional groups attached to an aromatic ring is 1. The molecule has 0 saturated carbocycles. The van der Waals surface area contributed by atoms with Crippen molar-refractivity contribution in [2.24, 2.45) is 0 Å². The van der Waals surface area contributed by atoms with Gasteiger partial charge in [0, 0.05) is 36.3 Å². The van der Waals surface area contributed by atoms with E-state index in [2.05, 4.69) is 51.6 Å². The number of hydrogen-bond donors (Lipinski definition) is 3. The number of carbonyl (C=O) groups is 1. The van der Waals surface area contributed by atoms with Crippen LogP contribution in [0.5, 0.6) is 0 Å². The second-order valence-corrected chi connectivity index (χ2v) is 6.84. The number of amides is 1. The van der Waals surface area contributed by atoms with Crippen molar-refractivity contribution in [3.05, 3.63) is 53.5 Å². The molecule has 7 heteroatoms. The lowest BCUT2D eigenvalue weighted by Crippen LogP contribution is -2.38. The van der Waals surface area contributed by atoms with Gasteiger partial charge in [0.2, 0.25) is 0 Å². The van der Waals surface area contributed by atoms with E-state index >= 15 is 0 Å². The number of hydrogen-bond acceptors (Lipinski definition) is 4. The molecule has 1 aliphatic heterocycles. The first kappa shape index (κ1) is 16.4. The minimum Gasteiger partial charge on any atom is -0.382 e. The smallest absolute Gasteiger partial charge is 0.271 e. The van der Waals surface area contributed by atoms with E-state index in [1.807, 2.05) is 11.1 Å². The van der Waals surface area contributed by atoms with E-state index in [9.17, 15) is 4.79 Å². The Morgan fingerprint density at radius 3 is 2.73 bits per heavy atom. The summed E-state index contributed by atoms with van der Waals surface area (Å²) in [6.45, 7) is 3.50. The highest BCUT2D eigenvalue weighted by Crippen LogP contribution is 2.34. The van der Waals surface area contributed by atoms with Crippen LogP contribution in [-0.4, -0.2) is 44.3 Å². The Labute approximate surface area is 151 Å². The standard InChI is InChI=1S/C19H22N6O/c1-12-3-2-4-14(9-12)15-11-21-24-18(15)13-5-7-25(8-6-13)19(26)16-10-17(20)23-22-16/h2-4,9-11,13H,5-8H2,1H3,(H,21,24)(H3,20,22,23). The van der Waals surface area contributed by atoms with E-state index in [1.165, 1.54) is 11.1 Å². The number of aromatic nitrogens is 4. The first-order valence-corrected chi connectivity index (χ1v) is 8.82. The van der Waals surface area contributed by atoms with Crippen LogP contribution in [0.4, 0.5) is 5.82 Å². The van der Waals surface area contributed by atoms with Gasteiger partial charge in [-0.3, -0.25) is 15.0 Å². The molecule has 0 spiro atoms. The van der Waals surface area contributed by atoms with E-state index in [4.69, 9.17) is 5.73 Å². The topological polar surface area (TPSA) is 104 Å². The lowest BCUT2D eigenvalue weighted by Gasteiger charge is -2.31. The van der Waals surface area contributed by atoms with Gasteiger partial charge in [-0.25, -0.2) is 0 Å². The Kier molecular flexibility index (Phi) is 4.20. The molecule has 1 aromatic carbocycles. The number of nitrogens with two attached hydrogens (primary N) is 1. The van der Waals surface area contributed by atoms with Gasteiger partial charge in [-0.2, -0.15) is 10.2 Å². The molecule has 1 amide bonds. The summed E-state index contributed by atoms with van der Waals surface area (Å²) in [5, 5.41) is 14.0. The first-order chi connectivity index (χ1) is 12.6. The Morgan fingerprint density at radius 2 is 2.04 bits per heavy atom. The minimum atomic E-state index is -0.0452. The quantitative estimate of drug-likeness (QED) is 0.675. The van der Waals surface area contributed by atoms with Crippen LogP contribution in [0.15, 0.2) is 36.5 Å². The summed E-state index contributed by atoms with van der Waals surface area (Å²) in [5.41, 5.74) is 10.8. The van der Waals surface area contributed by atoms with Crippen molar-refractivity contribution in [2.75, 3.05) is 18.8 Å². The molecule has 0 bridgehead atoms. The summed E-state index contributed by atoms with van der Waals surface area (Å²) >= 11 is 0. The molecule has 134 valence electrons. The molecule has 3 heterocycles. The second kappa shape index (κ2) is 6.67. The van der Waals surface area contributed by atoms with Crippen LogP contribution < -0.4 is 5.73 Å². The van der Waals surface area contributed by atoms with Gasteiger partial charge in [0.1, 0.15) is 11.5 Å². The Bertz CT molecular complexity index is 920. The van der Waals surface area contributed by atoms with Gasteiger partial charge in [-0.05, 0) is 25.3 Å². The monoisotopic (exact) mass is 350 g/mol. The summed E-state index contributed by atoms with van der Waals surface area (Å²) < 4.78 is 0. The van der Waals surface area contributed by atoms with Crippen LogP contribution in [0.3, 0.4) is 0 Å². The van der Waals surface area contributed by atoms with Crippen LogP contribution in [0.2, 0.25) is 0 Å². The number of aromatic amines is 2. The highest BCUT2D eigenvalue weighted by molar-refractivity contribution is 5.93. The largest absolute Gasteiger partial charge is 0.382 e. The fourth-order valence-corrected chi connectivity index (χ4v) is 3.64. The molecule has 2 aromatic heterocycles. The maximum absolute atomic E-state index is 12.5. The Morgan fingerprint density at radius 1 is 1.23 bits per heavy atom. The van der Waals surface area contributed by atoms with Crippen molar-refractivity contribution in [2.45, 2.75) is 25.7 Å². The number of likely N-dealkylation sites (tertiary alicyclic amines) is 1. The van der Waals surface area contributed by atoms with Crippen molar-refractivity contribution < 1.29 is 4.79 Å². The van der Waals surface area contributed by atoms with E-state index in [-0.39, 0.29) is 5.91 Å². The third-order valence-electron chi connectivity index (χ3n) is 5.02. The third-order valence-corrected chi connectivity index (χ3v) is 5.02. The van der Waals surface area contributed by atoms with Crippen LogP contribution in [0, 0.1) is 6.92 Å². The van der Waals surface area contributed by atoms with Crippen LogP contribution in [-0.2, 0) is 0 Å². The zero-order valence-corrected chi connectivity index (χ0v) is 14.7. The number of carbonyl (C=O) groups excluding carboxylic acids is 1. The maximum Gasteiger partial charge on any atom is 0.271 e. The molecule has 1 fully saturated rings. The fraction of sp³-hybridized carbons (Fsp3) is 0.316. The van der Waals surface area contributed by atoms with Crippen molar-refractivity contribution in [1.82, 2.24) is 25.3 Å². The van der Waals surface area contributed by atoms with Gasteiger partial charge in [0.25, 0.3) is 5.91 Å². The first-order valence-electron chi connectivity index (χ1n) is 8.82. The second-order valence-electron chi connectivity index (χ2n) is 6.84. The van der Waals surface area contributed by atoms with Crippen LogP contribution >= 0.6 is 0 Å². The van der Waals surface area contributed by atoms with Crippen molar-refractivity contribution in [3.63, 3.8) is 0 Å². The molecule has 26 heavy (non-hydrogen) atoms. The third kappa shape index (κ3) is 3.08. The van der Waals surface area contributed by atoms with Gasteiger partial charge < -0.3 is 10.6 Å². The summed E-state index contributed by atoms with van der Waals surface area (Å²) in [4.78, 5) is 14.4. The molecule has 4 N–H and O–H groups in total. The SMILES string of the molecule is Cc1cccc(-c2cn[nH]c2C2CCN(C(=O)c3cc(N)n[nH]3)CC2)c1. The van der Waals surface area contributed by atoms with Gasteiger partial charge in [-0.1, -0.05) is 29.8 Å². The summed E-state index contributed by atoms with van der Waals surface area (Å²) in [6.07, 6.45) is 3.70. The molecule has 0 atom stereocenters. The van der Waals surface area contributed by atoms with Gasteiger partial charge in [-0.15, -0.1) is 0 Å². The molecule has 4 rings (SSSR count). The number of H-pyrrole nitrogens is 2. The van der Waals surface area contributed by atoms with Crippen molar-refractivity contribution >= 4 is 11.7 Å². The van der Waals surface area contributed by atoms with Crippen molar-refractivity contribution in [1.29, 1.82) is 0 Å². The average molecular weight is 350 g/mol. The number of rotatable bonds is 3. The predicted octanol–water partition coefficient (Wildman–Crippen LogP) is 2.71. The molecule has 7 nitrogen and oxygen atoms in total. The number of piperidine rings is 1. The molecule has 0 radical (unpaired) electrons. The lowest BCUT2D eigenvalue weighted by molar-refractivity contribution is 0.0706. The number of nitrogens with zero attached hydrogens (tertiary/aromatic N) is 3. The summed E-state index contributed by atoms with van der Waals surface area (Å²) in [6, 6.07) is 10.0. The van der Waals surface area contributed by atoms with Gasteiger partial charge in [0.15, 0.2) is 0 Å². The summed E-state index contributed by atoms with van der Waals surface area (Å²) in [5.74, 6) is 0.656. The molecule has 3 aromatic rings. The zero-order valence-electron chi connectivity index (χ0n) is 14.7. The minimum absolute atomic E-state index is 0.0452. The molecule has 1 saturated heterocycles. The Hall–Kier alpha value is -3.09. The number of anilines is 1. The number of aryl methyl sites for hydroxylation is 1. The normalized spacial score (nSPS) is 15.3. The molecule has 1 aliphatic rings.